The summed E-state index contributed by atoms with van der Waals surface area (Å²) in [6, 6.07) is 3.26. The van der Waals surface area contributed by atoms with E-state index in [1.807, 2.05) is 0 Å². The van der Waals surface area contributed by atoms with Crippen LogP contribution in [0.3, 0.4) is 0 Å². The molecule has 0 bridgehead atoms. The first-order chi connectivity index (χ1) is 9.38. The SMILES string of the molecule is O=c1[nH]c(=S)[nH]c(O)c1N=Nc1c(Br)cc(Cl)cc1Br. The van der Waals surface area contributed by atoms with Gasteiger partial charge < -0.3 is 10.1 Å². The molecule has 0 saturated heterocycles. The third-order valence-electron chi connectivity index (χ3n) is 2.13. The molecule has 0 aliphatic heterocycles. The van der Waals surface area contributed by atoms with E-state index in [0.717, 1.165) is 0 Å². The van der Waals surface area contributed by atoms with E-state index in [0.29, 0.717) is 19.7 Å². The minimum absolute atomic E-state index is 0.000282. The molecule has 10 heteroatoms. The van der Waals surface area contributed by atoms with Crippen LogP contribution in [-0.2, 0) is 0 Å². The summed E-state index contributed by atoms with van der Waals surface area (Å²) < 4.78 is 1.17. The Kier molecular flexibility index (Phi) is 4.74. The summed E-state index contributed by atoms with van der Waals surface area (Å²) in [6.45, 7) is 0. The Morgan fingerprint density at radius 1 is 1.15 bits per heavy atom. The Morgan fingerprint density at radius 3 is 2.25 bits per heavy atom. The van der Waals surface area contributed by atoms with Gasteiger partial charge in [-0.2, -0.15) is 0 Å². The van der Waals surface area contributed by atoms with Crippen LogP contribution in [0.1, 0.15) is 0 Å². The lowest BCUT2D eigenvalue weighted by Crippen LogP contribution is -2.06. The lowest BCUT2D eigenvalue weighted by atomic mass is 10.3. The molecule has 6 nitrogen and oxygen atoms in total. The number of aromatic hydroxyl groups is 1. The van der Waals surface area contributed by atoms with Gasteiger partial charge in [0, 0.05) is 14.0 Å². The molecule has 2 aromatic rings. The van der Waals surface area contributed by atoms with Gasteiger partial charge in [-0.05, 0) is 56.2 Å². The zero-order valence-corrected chi connectivity index (χ0v) is 14.2. The maximum Gasteiger partial charge on any atom is 0.283 e. The molecule has 1 aromatic carbocycles. The Hall–Kier alpha value is -1.03. The third kappa shape index (κ3) is 3.35. The van der Waals surface area contributed by atoms with Gasteiger partial charge >= 0.3 is 0 Å². The molecule has 0 saturated carbocycles. The van der Waals surface area contributed by atoms with Crippen LogP contribution in [0.25, 0.3) is 0 Å². The average Bonchev–Trinajstić information content (AvgIpc) is 2.30. The minimum atomic E-state index is -0.642. The molecule has 20 heavy (non-hydrogen) atoms. The van der Waals surface area contributed by atoms with Crippen LogP contribution in [0, 0.1) is 4.77 Å². The number of benzene rings is 1. The summed E-state index contributed by atoms with van der Waals surface area (Å²) >= 11 is 17.1. The van der Waals surface area contributed by atoms with Crippen molar-refractivity contribution in [3.05, 3.63) is 41.2 Å². The van der Waals surface area contributed by atoms with E-state index >= 15 is 0 Å². The van der Waals surface area contributed by atoms with Gasteiger partial charge in [0.15, 0.2) is 4.77 Å². The maximum absolute atomic E-state index is 11.6. The fourth-order valence-electron chi connectivity index (χ4n) is 1.29. The van der Waals surface area contributed by atoms with Crippen molar-refractivity contribution in [3.8, 4) is 5.88 Å². The highest BCUT2D eigenvalue weighted by molar-refractivity contribution is 9.11. The molecule has 2 rings (SSSR count). The van der Waals surface area contributed by atoms with Crippen molar-refractivity contribution in [2.45, 2.75) is 0 Å². The number of azo groups is 1. The lowest BCUT2D eigenvalue weighted by Gasteiger charge is -2.02. The van der Waals surface area contributed by atoms with Gasteiger partial charge in [-0.15, -0.1) is 10.2 Å². The summed E-state index contributed by atoms with van der Waals surface area (Å²) in [4.78, 5) is 16.3. The first-order valence-electron chi connectivity index (χ1n) is 5.00. The highest BCUT2D eigenvalue weighted by atomic mass is 79.9. The van der Waals surface area contributed by atoms with Gasteiger partial charge in [-0.1, -0.05) is 11.6 Å². The molecule has 104 valence electrons. The van der Waals surface area contributed by atoms with Crippen LogP contribution in [0.2, 0.25) is 5.02 Å². The van der Waals surface area contributed by atoms with Crippen molar-refractivity contribution in [1.82, 2.24) is 9.97 Å². The number of rotatable bonds is 2. The van der Waals surface area contributed by atoms with Gasteiger partial charge in [0.05, 0.1) is 0 Å². The van der Waals surface area contributed by atoms with E-state index in [-0.39, 0.29) is 10.5 Å². The molecule has 1 heterocycles. The lowest BCUT2D eigenvalue weighted by molar-refractivity contribution is 0.451. The van der Waals surface area contributed by atoms with Crippen LogP contribution < -0.4 is 5.56 Å². The van der Waals surface area contributed by atoms with E-state index < -0.39 is 11.4 Å². The van der Waals surface area contributed by atoms with Gasteiger partial charge in [0.2, 0.25) is 11.6 Å². The van der Waals surface area contributed by atoms with Crippen LogP contribution in [0.4, 0.5) is 11.4 Å². The molecule has 0 fully saturated rings. The Labute approximate surface area is 139 Å². The van der Waals surface area contributed by atoms with Crippen molar-refractivity contribution in [2.24, 2.45) is 10.2 Å². The number of hydrogen-bond acceptors (Lipinski definition) is 5. The summed E-state index contributed by atoms with van der Waals surface area (Å²) in [5.41, 5.74) is -0.487. The second kappa shape index (κ2) is 6.17. The van der Waals surface area contributed by atoms with Gasteiger partial charge in [0.1, 0.15) is 5.69 Å². The predicted octanol–water partition coefficient (Wildman–Crippen LogP) is 4.73. The monoisotopic (exact) mass is 438 g/mol. The molecule has 3 N–H and O–H groups in total. The van der Waals surface area contributed by atoms with Gasteiger partial charge in [0.25, 0.3) is 5.56 Å². The number of aromatic nitrogens is 2. The highest BCUT2D eigenvalue weighted by Crippen LogP contribution is 2.37. The smallest absolute Gasteiger partial charge is 0.283 e. The number of H-pyrrole nitrogens is 2. The zero-order chi connectivity index (χ0) is 14.9. The summed E-state index contributed by atoms with van der Waals surface area (Å²) in [7, 11) is 0. The van der Waals surface area contributed by atoms with Crippen molar-refractivity contribution >= 4 is 67.1 Å². The maximum atomic E-state index is 11.6. The molecule has 0 amide bonds. The Morgan fingerprint density at radius 2 is 1.70 bits per heavy atom. The second-order valence-electron chi connectivity index (χ2n) is 3.52. The second-order valence-corrected chi connectivity index (χ2v) is 6.08. The van der Waals surface area contributed by atoms with E-state index in [2.05, 4.69) is 52.1 Å². The molecule has 0 aliphatic rings. The minimum Gasteiger partial charge on any atom is -0.493 e. The first-order valence-corrected chi connectivity index (χ1v) is 7.37. The molecule has 0 atom stereocenters. The molecule has 0 unspecified atom stereocenters. The highest BCUT2D eigenvalue weighted by Gasteiger charge is 2.09. The number of nitrogens with zero attached hydrogens (tertiary/aromatic N) is 2. The average molecular weight is 441 g/mol. The number of nitrogens with one attached hydrogen (secondary N) is 2. The molecule has 0 aliphatic carbocycles. The fourth-order valence-corrected chi connectivity index (χ4v) is 3.31. The van der Waals surface area contributed by atoms with Crippen molar-refractivity contribution in [2.75, 3.05) is 0 Å². The molecular weight excluding hydrogens is 435 g/mol. The first kappa shape index (κ1) is 15.4. The van der Waals surface area contributed by atoms with E-state index in [1.165, 1.54) is 0 Å². The Balaban J connectivity index is 2.51. The molecule has 1 aromatic heterocycles. The number of hydrogen-bond donors (Lipinski definition) is 3. The van der Waals surface area contributed by atoms with E-state index in [4.69, 9.17) is 23.8 Å². The van der Waals surface area contributed by atoms with Crippen LogP contribution in [-0.4, -0.2) is 15.1 Å². The van der Waals surface area contributed by atoms with Crippen molar-refractivity contribution in [1.29, 1.82) is 0 Å². The van der Waals surface area contributed by atoms with Crippen molar-refractivity contribution < 1.29 is 5.11 Å². The predicted molar refractivity (Wildman–Crippen MR) is 84.9 cm³/mol. The van der Waals surface area contributed by atoms with Crippen molar-refractivity contribution in [3.63, 3.8) is 0 Å². The van der Waals surface area contributed by atoms with Crippen LogP contribution >= 0.6 is 55.7 Å². The number of halogens is 3. The van der Waals surface area contributed by atoms with Gasteiger partial charge in [-0.25, -0.2) is 0 Å². The standard InChI is InChI=1S/C10H5Br2ClN4O2S/c11-4-1-3(13)2-5(12)6(4)16-17-7-8(18)14-10(20)15-9(7)19/h1-2H,(H3,14,15,18,19,20). The quantitative estimate of drug-likeness (QED) is 0.465. The zero-order valence-electron chi connectivity index (χ0n) is 9.45. The Bertz CT molecular complexity index is 795. The summed E-state index contributed by atoms with van der Waals surface area (Å²) in [5.74, 6) is -0.455. The van der Waals surface area contributed by atoms with E-state index in [1.54, 1.807) is 12.1 Å². The molecular formula is C10H5Br2ClN4O2S. The summed E-state index contributed by atoms with van der Waals surface area (Å²) in [6.07, 6.45) is 0. The molecule has 0 radical (unpaired) electrons. The molecule has 0 spiro atoms. The number of aromatic amines is 2. The van der Waals surface area contributed by atoms with Gasteiger partial charge in [-0.3, -0.25) is 9.78 Å². The normalized spacial score (nSPS) is 11.2. The van der Waals surface area contributed by atoms with Crippen LogP contribution in [0.15, 0.2) is 36.1 Å². The summed E-state index contributed by atoms with van der Waals surface area (Å²) in [5, 5.41) is 17.7. The van der Waals surface area contributed by atoms with Crippen LogP contribution in [0.5, 0.6) is 5.88 Å². The largest absolute Gasteiger partial charge is 0.493 e. The van der Waals surface area contributed by atoms with E-state index in [9.17, 15) is 9.90 Å². The fraction of sp³-hybridized carbons (Fsp3) is 0. The topological polar surface area (TPSA) is 93.6 Å². The third-order valence-corrected chi connectivity index (χ3v) is 3.76.